The Bertz CT molecular complexity index is 1380. The summed E-state index contributed by atoms with van der Waals surface area (Å²) >= 11 is 7.30. The first-order chi connectivity index (χ1) is 16.4. The van der Waals surface area contributed by atoms with Crippen molar-refractivity contribution in [1.82, 2.24) is 24.4 Å². The summed E-state index contributed by atoms with van der Waals surface area (Å²) in [6.07, 6.45) is 0. The Morgan fingerprint density at radius 3 is 2.47 bits per heavy atom. The van der Waals surface area contributed by atoms with Crippen molar-refractivity contribution >= 4 is 39.6 Å². The maximum Gasteiger partial charge on any atom is 0.321 e. The number of nitrogens with zero attached hydrogens (tertiary/aromatic N) is 5. The van der Waals surface area contributed by atoms with Gasteiger partial charge in [0.25, 0.3) is 5.56 Å². The Labute approximate surface area is 205 Å². The zero-order valence-electron chi connectivity index (χ0n) is 18.6. The van der Waals surface area contributed by atoms with E-state index in [4.69, 9.17) is 11.6 Å². The predicted molar refractivity (Wildman–Crippen MR) is 135 cm³/mol. The van der Waals surface area contributed by atoms with E-state index in [-0.39, 0.29) is 11.6 Å². The van der Waals surface area contributed by atoms with Crippen molar-refractivity contribution in [2.75, 3.05) is 31.5 Å². The van der Waals surface area contributed by atoms with E-state index in [1.165, 1.54) is 21.4 Å². The molecule has 0 bridgehead atoms. The molecule has 4 aromatic rings. The van der Waals surface area contributed by atoms with Gasteiger partial charge in [-0.15, -0.1) is 0 Å². The van der Waals surface area contributed by atoms with Crippen molar-refractivity contribution in [2.24, 2.45) is 0 Å². The summed E-state index contributed by atoms with van der Waals surface area (Å²) in [6.45, 7) is 5.18. The van der Waals surface area contributed by atoms with Gasteiger partial charge < -0.3 is 10.2 Å². The van der Waals surface area contributed by atoms with Crippen molar-refractivity contribution in [2.45, 2.75) is 13.5 Å². The summed E-state index contributed by atoms with van der Waals surface area (Å²) in [4.78, 5) is 34.5. The van der Waals surface area contributed by atoms with Crippen LogP contribution in [0.2, 0.25) is 5.02 Å². The van der Waals surface area contributed by atoms with Crippen molar-refractivity contribution in [1.29, 1.82) is 0 Å². The second-order valence-corrected chi connectivity index (χ2v) is 9.65. The minimum absolute atomic E-state index is 0.131. The molecular weight excluding hydrogens is 472 g/mol. The van der Waals surface area contributed by atoms with Gasteiger partial charge in [0, 0.05) is 55.1 Å². The molecule has 2 aromatic heterocycles. The van der Waals surface area contributed by atoms with Gasteiger partial charge in [0.1, 0.15) is 5.01 Å². The van der Waals surface area contributed by atoms with E-state index in [1.54, 1.807) is 35.2 Å². The van der Waals surface area contributed by atoms with Crippen LogP contribution in [0.25, 0.3) is 15.5 Å². The smallest absolute Gasteiger partial charge is 0.321 e. The first kappa shape index (κ1) is 22.5. The average molecular weight is 495 g/mol. The standard InChI is InChI=1S/C24H23ClN6O2S/c1-16-2-4-17(5-3-16)22-28-31-21(32)14-20(27-24(31)34-22)15-29-10-12-30(13-11-29)23(33)26-19-8-6-18(25)7-9-19/h2-9,14H,10-13,15H2,1H3,(H,26,33). The molecule has 0 unspecified atom stereocenters. The lowest BCUT2D eigenvalue weighted by atomic mass is 10.2. The zero-order chi connectivity index (χ0) is 23.7. The molecule has 34 heavy (non-hydrogen) atoms. The van der Waals surface area contributed by atoms with Gasteiger partial charge in [-0.1, -0.05) is 52.8 Å². The van der Waals surface area contributed by atoms with E-state index in [0.29, 0.717) is 54.1 Å². The van der Waals surface area contributed by atoms with Gasteiger partial charge in [0.15, 0.2) is 0 Å². The summed E-state index contributed by atoms with van der Waals surface area (Å²) < 4.78 is 1.36. The highest BCUT2D eigenvalue weighted by atomic mass is 35.5. The van der Waals surface area contributed by atoms with Gasteiger partial charge >= 0.3 is 6.03 Å². The molecule has 2 aromatic carbocycles. The van der Waals surface area contributed by atoms with Crippen LogP contribution in [-0.2, 0) is 6.54 Å². The van der Waals surface area contributed by atoms with Crippen LogP contribution in [0.5, 0.6) is 0 Å². The fraction of sp³-hybridized carbons (Fsp3) is 0.250. The van der Waals surface area contributed by atoms with Crippen LogP contribution < -0.4 is 10.9 Å². The molecular formula is C24H23ClN6O2S. The number of rotatable bonds is 4. The fourth-order valence-corrected chi connectivity index (χ4v) is 4.88. The highest BCUT2D eigenvalue weighted by Gasteiger charge is 2.22. The monoisotopic (exact) mass is 494 g/mol. The second-order valence-electron chi connectivity index (χ2n) is 8.25. The van der Waals surface area contributed by atoms with Crippen LogP contribution in [0.15, 0.2) is 59.4 Å². The summed E-state index contributed by atoms with van der Waals surface area (Å²) in [5.41, 5.74) is 3.38. The first-order valence-electron chi connectivity index (χ1n) is 11.0. The van der Waals surface area contributed by atoms with Crippen LogP contribution >= 0.6 is 22.9 Å². The fourth-order valence-electron chi connectivity index (χ4n) is 3.82. The molecule has 1 aliphatic heterocycles. The van der Waals surface area contributed by atoms with E-state index < -0.39 is 0 Å². The van der Waals surface area contributed by atoms with Crippen molar-refractivity contribution in [3.8, 4) is 10.6 Å². The number of fused-ring (bicyclic) bond motifs is 1. The zero-order valence-corrected chi connectivity index (χ0v) is 20.1. The van der Waals surface area contributed by atoms with E-state index in [2.05, 4.69) is 20.3 Å². The lowest BCUT2D eigenvalue weighted by Gasteiger charge is -2.34. The number of halogens is 1. The Morgan fingerprint density at radius 1 is 1.06 bits per heavy atom. The largest absolute Gasteiger partial charge is 0.322 e. The molecule has 1 N–H and O–H groups in total. The number of urea groups is 1. The lowest BCUT2D eigenvalue weighted by molar-refractivity contribution is 0.142. The number of anilines is 1. The van der Waals surface area contributed by atoms with E-state index >= 15 is 0 Å². The Hall–Kier alpha value is -3.27. The van der Waals surface area contributed by atoms with Crippen molar-refractivity contribution in [3.63, 3.8) is 0 Å². The van der Waals surface area contributed by atoms with Crippen LogP contribution in [-0.4, -0.2) is 56.6 Å². The third kappa shape index (κ3) is 4.96. The number of amides is 2. The van der Waals surface area contributed by atoms with Crippen LogP contribution in [0.3, 0.4) is 0 Å². The first-order valence-corrected chi connectivity index (χ1v) is 12.1. The molecule has 2 amide bonds. The maximum atomic E-state index is 12.7. The summed E-state index contributed by atoms with van der Waals surface area (Å²) in [7, 11) is 0. The molecule has 5 rings (SSSR count). The van der Waals surface area contributed by atoms with Gasteiger partial charge in [-0.05, 0) is 31.2 Å². The molecule has 0 radical (unpaired) electrons. The van der Waals surface area contributed by atoms with E-state index in [9.17, 15) is 9.59 Å². The molecule has 8 nitrogen and oxygen atoms in total. The number of carbonyl (C=O) groups excluding carboxylic acids is 1. The summed E-state index contributed by atoms with van der Waals surface area (Å²) in [5, 5.41) is 8.75. The SMILES string of the molecule is Cc1ccc(-c2nn3c(=O)cc(CN4CCN(C(=O)Nc5ccc(Cl)cc5)CC4)nc3s2)cc1. The minimum Gasteiger partial charge on any atom is -0.322 e. The lowest BCUT2D eigenvalue weighted by Crippen LogP contribution is -2.49. The number of aromatic nitrogens is 3. The van der Waals surface area contributed by atoms with Crippen molar-refractivity contribution < 1.29 is 4.79 Å². The molecule has 1 aliphatic rings. The number of piperazine rings is 1. The molecule has 1 saturated heterocycles. The van der Waals surface area contributed by atoms with Crippen LogP contribution in [0.4, 0.5) is 10.5 Å². The van der Waals surface area contributed by atoms with Crippen LogP contribution in [0.1, 0.15) is 11.3 Å². The molecule has 1 fully saturated rings. The maximum absolute atomic E-state index is 12.7. The number of carbonyl (C=O) groups is 1. The molecule has 174 valence electrons. The van der Waals surface area contributed by atoms with Crippen molar-refractivity contribution in [3.05, 3.63) is 81.2 Å². The molecule has 3 heterocycles. The average Bonchev–Trinajstić information content (AvgIpc) is 3.26. The van der Waals surface area contributed by atoms with Gasteiger partial charge in [-0.25, -0.2) is 9.78 Å². The third-order valence-electron chi connectivity index (χ3n) is 5.74. The normalized spacial score (nSPS) is 14.5. The number of hydrogen-bond acceptors (Lipinski definition) is 6. The molecule has 0 saturated carbocycles. The highest BCUT2D eigenvalue weighted by Crippen LogP contribution is 2.24. The highest BCUT2D eigenvalue weighted by molar-refractivity contribution is 7.19. The van der Waals surface area contributed by atoms with Gasteiger partial charge in [-0.3, -0.25) is 9.69 Å². The Morgan fingerprint density at radius 2 is 1.76 bits per heavy atom. The second kappa shape index (κ2) is 9.54. The Kier molecular flexibility index (Phi) is 6.32. The van der Waals surface area contributed by atoms with Gasteiger partial charge in [0.05, 0.1) is 5.69 Å². The number of aryl methyl sites for hydroxylation is 1. The topological polar surface area (TPSA) is 82.8 Å². The number of hydrogen-bond donors (Lipinski definition) is 1. The molecule has 0 atom stereocenters. The molecule has 0 spiro atoms. The number of nitrogens with one attached hydrogen (secondary N) is 1. The third-order valence-corrected chi connectivity index (χ3v) is 6.95. The predicted octanol–water partition coefficient (Wildman–Crippen LogP) is 4.13. The van der Waals surface area contributed by atoms with E-state index in [1.807, 2.05) is 31.2 Å². The van der Waals surface area contributed by atoms with Crippen LogP contribution in [0, 0.1) is 6.92 Å². The Balaban J connectivity index is 1.22. The molecule has 0 aliphatic carbocycles. The summed E-state index contributed by atoms with van der Waals surface area (Å²) in [6, 6.07) is 16.5. The quantitative estimate of drug-likeness (QED) is 0.461. The van der Waals surface area contributed by atoms with Gasteiger partial charge in [-0.2, -0.15) is 9.61 Å². The molecule has 10 heteroatoms. The van der Waals surface area contributed by atoms with E-state index in [0.717, 1.165) is 10.6 Å². The number of benzene rings is 2. The van der Waals surface area contributed by atoms with Gasteiger partial charge in [0.2, 0.25) is 4.96 Å². The minimum atomic E-state index is -0.185. The summed E-state index contributed by atoms with van der Waals surface area (Å²) in [5.74, 6) is 0.